The van der Waals surface area contributed by atoms with E-state index in [1.54, 1.807) is 16.8 Å². The lowest BCUT2D eigenvalue weighted by atomic mass is 10.7. The number of fused-ring (bicyclic) bond motifs is 1. The molecule has 0 aromatic carbocycles. The first-order chi connectivity index (χ1) is 6.33. The van der Waals surface area contributed by atoms with Crippen molar-refractivity contribution in [1.29, 1.82) is 0 Å². The van der Waals surface area contributed by atoms with Crippen molar-refractivity contribution in [3.05, 3.63) is 17.5 Å². The van der Waals surface area contributed by atoms with Gasteiger partial charge in [-0.05, 0) is 6.92 Å². The standard InChI is InChI=1S/C7H7ClN4O/c1-2-13-7-11-10-6-5(8)9-3-4-12(6)7/h3-4H,2H2,1H3. The van der Waals surface area contributed by atoms with E-state index >= 15 is 0 Å². The van der Waals surface area contributed by atoms with Crippen LogP contribution >= 0.6 is 11.6 Å². The monoisotopic (exact) mass is 198 g/mol. The molecule has 2 rings (SSSR count). The van der Waals surface area contributed by atoms with Gasteiger partial charge in [-0.25, -0.2) is 9.38 Å². The molecule has 2 heterocycles. The molecule has 0 spiro atoms. The van der Waals surface area contributed by atoms with E-state index in [1.165, 1.54) is 0 Å². The summed E-state index contributed by atoms with van der Waals surface area (Å²) in [6.45, 7) is 2.42. The minimum atomic E-state index is 0.320. The summed E-state index contributed by atoms with van der Waals surface area (Å²) >= 11 is 5.78. The summed E-state index contributed by atoms with van der Waals surface area (Å²) in [6.07, 6.45) is 3.27. The van der Waals surface area contributed by atoms with E-state index in [4.69, 9.17) is 16.3 Å². The van der Waals surface area contributed by atoms with E-state index < -0.39 is 0 Å². The Hall–Kier alpha value is -1.36. The second kappa shape index (κ2) is 3.18. The second-order valence-electron chi connectivity index (χ2n) is 2.33. The van der Waals surface area contributed by atoms with Crippen LogP contribution < -0.4 is 4.74 Å². The quantitative estimate of drug-likeness (QED) is 0.727. The van der Waals surface area contributed by atoms with Crippen LogP contribution in [0.4, 0.5) is 0 Å². The fourth-order valence-corrected chi connectivity index (χ4v) is 1.19. The molecule has 0 atom stereocenters. The van der Waals surface area contributed by atoms with Gasteiger partial charge in [0.25, 0.3) is 0 Å². The summed E-state index contributed by atoms with van der Waals surface area (Å²) in [6, 6.07) is 0.432. The molecule has 68 valence electrons. The van der Waals surface area contributed by atoms with Gasteiger partial charge in [-0.3, -0.25) is 0 Å². The zero-order valence-corrected chi connectivity index (χ0v) is 7.69. The van der Waals surface area contributed by atoms with Crippen LogP contribution in [0.5, 0.6) is 6.01 Å². The predicted octanol–water partition coefficient (Wildman–Crippen LogP) is 1.18. The number of halogens is 1. The molecule has 0 saturated heterocycles. The highest BCUT2D eigenvalue weighted by Gasteiger charge is 2.08. The maximum atomic E-state index is 5.78. The molecule has 0 bridgehead atoms. The molecular weight excluding hydrogens is 192 g/mol. The van der Waals surface area contributed by atoms with Gasteiger partial charge in [0, 0.05) is 12.4 Å². The SMILES string of the molecule is CCOc1nnc2c(Cl)nccn12. The summed E-state index contributed by atoms with van der Waals surface area (Å²) in [5, 5.41) is 7.96. The molecule has 0 fully saturated rings. The highest BCUT2D eigenvalue weighted by Crippen LogP contribution is 2.15. The molecule has 5 nitrogen and oxygen atoms in total. The minimum Gasteiger partial charge on any atom is -0.464 e. The Kier molecular flexibility index (Phi) is 2.02. The van der Waals surface area contributed by atoms with Crippen LogP contribution in [0.3, 0.4) is 0 Å². The van der Waals surface area contributed by atoms with Gasteiger partial charge in [-0.2, -0.15) is 0 Å². The van der Waals surface area contributed by atoms with Crippen LogP contribution in [0, 0.1) is 0 Å². The molecule has 0 aliphatic carbocycles. The summed E-state index contributed by atoms with van der Waals surface area (Å²) in [4.78, 5) is 3.87. The Morgan fingerprint density at radius 2 is 2.38 bits per heavy atom. The Bertz CT molecular complexity index is 427. The number of rotatable bonds is 2. The molecular formula is C7H7ClN4O. The Morgan fingerprint density at radius 1 is 1.54 bits per heavy atom. The van der Waals surface area contributed by atoms with Crippen molar-refractivity contribution >= 4 is 17.2 Å². The van der Waals surface area contributed by atoms with E-state index in [-0.39, 0.29) is 0 Å². The van der Waals surface area contributed by atoms with Crippen molar-refractivity contribution in [3.63, 3.8) is 0 Å². The lowest BCUT2D eigenvalue weighted by molar-refractivity contribution is 0.309. The number of hydrogen-bond donors (Lipinski definition) is 0. The van der Waals surface area contributed by atoms with Crippen LogP contribution in [0.15, 0.2) is 12.4 Å². The van der Waals surface area contributed by atoms with Crippen molar-refractivity contribution in [2.75, 3.05) is 6.61 Å². The fraction of sp³-hybridized carbons (Fsp3) is 0.286. The highest BCUT2D eigenvalue weighted by molar-refractivity contribution is 6.32. The van der Waals surface area contributed by atoms with E-state index in [9.17, 15) is 0 Å². The second-order valence-corrected chi connectivity index (χ2v) is 2.69. The van der Waals surface area contributed by atoms with Gasteiger partial charge < -0.3 is 4.74 Å². The van der Waals surface area contributed by atoms with Crippen LogP contribution in [-0.2, 0) is 0 Å². The van der Waals surface area contributed by atoms with Gasteiger partial charge in [-0.15, -0.1) is 5.10 Å². The Labute approximate surface area is 79.3 Å². The summed E-state index contributed by atoms with van der Waals surface area (Å²) < 4.78 is 6.87. The molecule has 0 unspecified atom stereocenters. The summed E-state index contributed by atoms with van der Waals surface area (Å²) in [5.41, 5.74) is 0.507. The lowest BCUT2D eigenvalue weighted by Gasteiger charge is -1.98. The van der Waals surface area contributed by atoms with Gasteiger partial charge in [0.05, 0.1) is 6.61 Å². The van der Waals surface area contributed by atoms with Crippen molar-refractivity contribution in [1.82, 2.24) is 19.6 Å². The molecule has 0 radical (unpaired) electrons. The van der Waals surface area contributed by atoms with E-state index in [1.807, 2.05) is 6.92 Å². The van der Waals surface area contributed by atoms with Crippen LogP contribution in [-0.4, -0.2) is 26.2 Å². The van der Waals surface area contributed by atoms with Crippen LogP contribution in [0.1, 0.15) is 6.92 Å². The fourth-order valence-electron chi connectivity index (χ4n) is 1.00. The summed E-state index contributed by atoms with van der Waals surface area (Å²) in [7, 11) is 0. The topological polar surface area (TPSA) is 52.3 Å². The van der Waals surface area contributed by atoms with Gasteiger partial charge in [0.2, 0.25) is 5.65 Å². The van der Waals surface area contributed by atoms with Gasteiger partial charge in [-0.1, -0.05) is 16.7 Å². The van der Waals surface area contributed by atoms with Crippen molar-refractivity contribution < 1.29 is 4.74 Å². The number of hydrogen-bond acceptors (Lipinski definition) is 4. The molecule has 2 aromatic heterocycles. The van der Waals surface area contributed by atoms with Crippen LogP contribution in [0.2, 0.25) is 5.15 Å². The third-order valence-electron chi connectivity index (χ3n) is 1.53. The molecule has 0 N–H and O–H groups in total. The average Bonchev–Trinajstić information content (AvgIpc) is 2.51. The van der Waals surface area contributed by atoms with E-state index in [0.717, 1.165) is 0 Å². The average molecular weight is 199 g/mol. The molecule has 2 aromatic rings. The molecule has 13 heavy (non-hydrogen) atoms. The number of nitrogens with zero attached hydrogens (tertiary/aromatic N) is 4. The van der Waals surface area contributed by atoms with Gasteiger partial charge in [0.1, 0.15) is 0 Å². The van der Waals surface area contributed by atoms with E-state index in [2.05, 4.69) is 15.2 Å². The first-order valence-corrected chi connectivity index (χ1v) is 4.18. The lowest BCUT2D eigenvalue weighted by Crippen LogP contribution is -1.97. The minimum absolute atomic E-state index is 0.320. The third kappa shape index (κ3) is 1.31. The molecule has 0 aliphatic rings. The zero-order chi connectivity index (χ0) is 9.26. The Balaban J connectivity index is 2.61. The maximum Gasteiger partial charge on any atom is 0.321 e. The van der Waals surface area contributed by atoms with Crippen molar-refractivity contribution in [3.8, 4) is 6.01 Å². The molecule has 6 heteroatoms. The normalized spacial score (nSPS) is 10.6. The predicted molar refractivity (Wildman–Crippen MR) is 47.0 cm³/mol. The van der Waals surface area contributed by atoms with Crippen molar-refractivity contribution in [2.24, 2.45) is 0 Å². The largest absolute Gasteiger partial charge is 0.464 e. The Morgan fingerprint density at radius 3 is 3.15 bits per heavy atom. The smallest absolute Gasteiger partial charge is 0.321 e. The number of ether oxygens (including phenoxy) is 1. The van der Waals surface area contributed by atoms with E-state index in [0.29, 0.717) is 23.4 Å². The zero-order valence-electron chi connectivity index (χ0n) is 6.94. The van der Waals surface area contributed by atoms with Crippen LogP contribution in [0.25, 0.3) is 5.65 Å². The highest BCUT2D eigenvalue weighted by atomic mass is 35.5. The number of aromatic nitrogens is 4. The third-order valence-corrected chi connectivity index (χ3v) is 1.79. The van der Waals surface area contributed by atoms with Gasteiger partial charge >= 0.3 is 6.01 Å². The first-order valence-electron chi connectivity index (χ1n) is 3.81. The van der Waals surface area contributed by atoms with Crippen molar-refractivity contribution in [2.45, 2.75) is 6.92 Å². The summed E-state index contributed by atoms with van der Waals surface area (Å²) in [5.74, 6) is 0. The van der Waals surface area contributed by atoms with Gasteiger partial charge in [0.15, 0.2) is 5.15 Å². The molecule has 0 saturated carbocycles. The maximum absolute atomic E-state index is 5.78. The first kappa shape index (κ1) is 8.25. The molecule has 0 amide bonds. The molecule has 0 aliphatic heterocycles.